The molecule has 0 aromatic carbocycles. The summed E-state index contributed by atoms with van der Waals surface area (Å²) in [5.41, 5.74) is 0. The van der Waals surface area contributed by atoms with Gasteiger partial charge in [0.2, 0.25) is 5.91 Å². The number of ether oxygens (including phenoxy) is 1. The van der Waals surface area contributed by atoms with Crippen LogP contribution < -0.4 is 5.32 Å². The summed E-state index contributed by atoms with van der Waals surface area (Å²) in [4.78, 5) is 24.3. The minimum Gasteiger partial charge on any atom is -0.466 e. The first-order valence-electron chi connectivity index (χ1n) is 25.1. The number of hydrogen-bond donors (Lipinski definition) is 3. The van der Waals surface area contributed by atoms with Crippen molar-refractivity contribution in [3.63, 3.8) is 0 Å². The van der Waals surface area contributed by atoms with Crippen LogP contribution in [0.5, 0.6) is 0 Å². The van der Waals surface area contributed by atoms with Crippen molar-refractivity contribution in [3.8, 4) is 0 Å². The van der Waals surface area contributed by atoms with Crippen LogP contribution in [0.25, 0.3) is 0 Å². The van der Waals surface area contributed by atoms with Gasteiger partial charge in [0.1, 0.15) is 0 Å². The number of aliphatic hydroxyl groups is 2. The molecule has 0 aliphatic heterocycles. The Morgan fingerprint density at radius 3 is 1.28 bits per heavy atom. The van der Waals surface area contributed by atoms with Gasteiger partial charge in [0, 0.05) is 12.8 Å². The van der Waals surface area contributed by atoms with E-state index in [1.54, 1.807) is 0 Å². The highest BCUT2D eigenvalue weighted by Crippen LogP contribution is 2.15. The molecule has 6 heteroatoms. The van der Waals surface area contributed by atoms with Crippen LogP contribution in [0, 0.1) is 0 Å². The number of allylic oxidation sites excluding steroid dienone is 4. The van der Waals surface area contributed by atoms with E-state index in [0.29, 0.717) is 25.9 Å². The largest absolute Gasteiger partial charge is 0.466 e. The first-order chi connectivity index (χ1) is 28.0. The van der Waals surface area contributed by atoms with Gasteiger partial charge in [-0.25, -0.2) is 0 Å². The van der Waals surface area contributed by atoms with E-state index in [1.165, 1.54) is 186 Å². The molecule has 2 unspecified atom stereocenters. The van der Waals surface area contributed by atoms with Gasteiger partial charge in [-0.1, -0.05) is 199 Å². The number of rotatable bonds is 46. The van der Waals surface area contributed by atoms with Gasteiger partial charge in [0.05, 0.1) is 25.4 Å². The molecule has 0 aliphatic rings. The van der Waals surface area contributed by atoms with E-state index in [2.05, 4.69) is 43.5 Å². The predicted octanol–water partition coefficient (Wildman–Crippen LogP) is 14.7. The van der Waals surface area contributed by atoms with Crippen molar-refractivity contribution < 1.29 is 24.5 Å². The Hall–Kier alpha value is -1.66. The van der Waals surface area contributed by atoms with E-state index in [0.717, 1.165) is 44.9 Å². The molecule has 0 spiro atoms. The number of unbranched alkanes of at least 4 members (excludes halogenated alkanes) is 31. The van der Waals surface area contributed by atoms with Crippen molar-refractivity contribution in [2.24, 2.45) is 0 Å². The van der Waals surface area contributed by atoms with Crippen LogP contribution in [0.1, 0.15) is 264 Å². The number of carbonyl (C=O) groups is 2. The summed E-state index contributed by atoms with van der Waals surface area (Å²) in [6, 6.07) is -0.546. The van der Waals surface area contributed by atoms with Crippen molar-refractivity contribution in [1.82, 2.24) is 5.32 Å². The van der Waals surface area contributed by atoms with Crippen LogP contribution in [-0.2, 0) is 14.3 Å². The lowest BCUT2D eigenvalue weighted by atomic mass is 10.0. The fraction of sp³-hybridized carbons (Fsp3) is 0.882. The second-order valence-corrected chi connectivity index (χ2v) is 17.1. The number of amides is 1. The van der Waals surface area contributed by atoms with E-state index in [4.69, 9.17) is 4.74 Å². The Labute approximate surface area is 354 Å². The van der Waals surface area contributed by atoms with E-state index in [-0.39, 0.29) is 18.5 Å². The van der Waals surface area contributed by atoms with Crippen LogP contribution >= 0.6 is 0 Å². The minimum atomic E-state index is -0.667. The Kier molecular flexibility index (Phi) is 45.7. The third-order valence-electron chi connectivity index (χ3n) is 11.5. The third-order valence-corrected chi connectivity index (χ3v) is 11.5. The van der Waals surface area contributed by atoms with Gasteiger partial charge in [-0.3, -0.25) is 9.59 Å². The van der Waals surface area contributed by atoms with Crippen molar-refractivity contribution in [2.75, 3.05) is 13.2 Å². The summed E-state index contributed by atoms with van der Waals surface area (Å²) in [6.07, 6.45) is 54.4. The molecule has 0 saturated heterocycles. The van der Waals surface area contributed by atoms with Crippen LogP contribution in [0.15, 0.2) is 24.3 Å². The van der Waals surface area contributed by atoms with Gasteiger partial charge in [-0.05, 0) is 77.0 Å². The number of esters is 1. The van der Waals surface area contributed by atoms with Gasteiger partial charge >= 0.3 is 5.97 Å². The van der Waals surface area contributed by atoms with Crippen molar-refractivity contribution in [2.45, 2.75) is 276 Å². The summed E-state index contributed by atoms with van der Waals surface area (Å²) in [7, 11) is 0. The Morgan fingerprint density at radius 2 is 0.825 bits per heavy atom. The monoisotopic (exact) mass is 804 g/mol. The zero-order valence-electron chi connectivity index (χ0n) is 38.1. The number of nitrogens with one attached hydrogen (secondary N) is 1. The quantitative estimate of drug-likeness (QED) is 0.0324. The topological polar surface area (TPSA) is 95.9 Å². The Bertz CT molecular complexity index is 889. The second kappa shape index (κ2) is 47.0. The maximum Gasteiger partial charge on any atom is 0.305 e. The molecule has 0 saturated carbocycles. The highest BCUT2D eigenvalue weighted by Gasteiger charge is 2.20. The van der Waals surface area contributed by atoms with Gasteiger partial charge in [0.25, 0.3) is 0 Å². The summed E-state index contributed by atoms with van der Waals surface area (Å²) in [5, 5.41) is 23.0. The molecule has 336 valence electrons. The molecule has 0 heterocycles. The Balaban J connectivity index is 3.43. The van der Waals surface area contributed by atoms with E-state index in [1.807, 2.05) is 0 Å². The second-order valence-electron chi connectivity index (χ2n) is 17.1. The molecule has 0 aromatic heterocycles. The number of carbonyl (C=O) groups excluding carboxylic acids is 2. The van der Waals surface area contributed by atoms with Crippen LogP contribution in [0.3, 0.4) is 0 Å². The molecule has 0 aliphatic carbocycles. The highest BCUT2D eigenvalue weighted by molar-refractivity contribution is 5.76. The molecule has 0 fully saturated rings. The zero-order chi connectivity index (χ0) is 41.5. The number of aliphatic hydroxyl groups excluding tert-OH is 2. The molecule has 0 radical (unpaired) electrons. The zero-order valence-corrected chi connectivity index (χ0v) is 38.1. The van der Waals surface area contributed by atoms with Gasteiger partial charge in [-0.2, -0.15) is 0 Å². The normalized spacial score (nSPS) is 12.8. The predicted molar refractivity (Wildman–Crippen MR) is 246 cm³/mol. The fourth-order valence-corrected chi connectivity index (χ4v) is 7.57. The average molecular weight is 804 g/mol. The standard InChI is InChI=1S/C51H97NO5/c1-3-5-7-9-11-13-14-25-29-33-37-41-45-51(56)57-46-42-38-34-30-26-23-21-19-17-15-16-18-20-22-24-28-32-36-40-44-50(55)52-48(47-53)49(54)43-39-35-31-27-12-10-8-6-4-2/h11,13,15-16,48-49,53-54H,3-10,12,14,17-47H2,1-2H3,(H,52,55)/b13-11-,16-15-. The summed E-state index contributed by atoms with van der Waals surface area (Å²) in [5.74, 6) is -0.0546. The molecule has 0 aromatic rings. The van der Waals surface area contributed by atoms with Gasteiger partial charge in [-0.15, -0.1) is 0 Å². The minimum absolute atomic E-state index is 0.00679. The van der Waals surface area contributed by atoms with E-state index in [9.17, 15) is 19.8 Å². The van der Waals surface area contributed by atoms with Crippen molar-refractivity contribution in [3.05, 3.63) is 24.3 Å². The van der Waals surface area contributed by atoms with E-state index < -0.39 is 12.1 Å². The summed E-state index contributed by atoms with van der Waals surface area (Å²) in [6.45, 7) is 4.88. The molecule has 0 bridgehead atoms. The Morgan fingerprint density at radius 1 is 0.474 bits per heavy atom. The maximum atomic E-state index is 12.4. The molecule has 6 nitrogen and oxygen atoms in total. The van der Waals surface area contributed by atoms with Crippen molar-refractivity contribution in [1.29, 1.82) is 0 Å². The first kappa shape index (κ1) is 55.3. The van der Waals surface area contributed by atoms with Crippen LogP contribution in [0.4, 0.5) is 0 Å². The van der Waals surface area contributed by atoms with Gasteiger partial charge in [0.15, 0.2) is 0 Å². The van der Waals surface area contributed by atoms with Crippen molar-refractivity contribution >= 4 is 11.9 Å². The molecule has 2 atom stereocenters. The molecule has 0 rings (SSSR count). The van der Waals surface area contributed by atoms with E-state index >= 15 is 0 Å². The lowest BCUT2D eigenvalue weighted by Crippen LogP contribution is -2.45. The lowest BCUT2D eigenvalue weighted by molar-refractivity contribution is -0.143. The van der Waals surface area contributed by atoms with Crippen LogP contribution in [-0.4, -0.2) is 47.4 Å². The molecular formula is C51H97NO5. The highest BCUT2D eigenvalue weighted by atomic mass is 16.5. The van der Waals surface area contributed by atoms with Crippen LogP contribution in [0.2, 0.25) is 0 Å². The smallest absolute Gasteiger partial charge is 0.305 e. The van der Waals surface area contributed by atoms with Gasteiger partial charge < -0.3 is 20.3 Å². The molecule has 3 N–H and O–H groups in total. The molecular weight excluding hydrogens is 707 g/mol. The summed E-state index contributed by atoms with van der Waals surface area (Å²) >= 11 is 0. The molecule has 1 amide bonds. The molecule has 57 heavy (non-hydrogen) atoms. The lowest BCUT2D eigenvalue weighted by Gasteiger charge is -2.22. The SMILES string of the molecule is CCCCC/C=C\CCCCCCCC(=O)OCCCCCCCCCC/C=C\CCCCCCCCCC(=O)NC(CO)C(O)CCCCCCCCCCC. The summed E-state index contributed by atoms with van der Waals surface area (Å²) < 4.78 is 5.45. The fourth-order valence-electron chi connectivity index (χ4n) is 7.57. The number of hydrogen-bond acceptors (Lipinski definition) is 5. The maximum absolute atomic E-state index is 12.4. The first-order valence-corrected chi connectivity index (χ1v) is 25.1. The third kappa shape index (κ3) is 43.7. The average Bonchev–Trinajstić information content (AvgIpc) is 3.21.